The van der Waals surface area contributed by atoms with Gasteiger partial charge in [-0.05, 0) is 30.7 Å². The Bertz CT molecular complexity index is 1070. The lowest BCUT2D eigenvalue weighted by Gasteiger charge is -2.09. The van der Waals surface area contributed by atoms with Crippen LogP contribution in [0, 0.1) is 10.1 Å². The SMILES string of the molecule is CCCOc1ccc(NC(=O)c2cc3ccccc3oc2=O)c([N+](=O)[O-])c1. The number of rotatable bonds is 6. The molecule has 0 spiro atoms. The fourth-order valence-corrected chi connectivity index (χ4v) is 2.49. The summed E-state index contributed by atoms with van der Waals surface area (Å²) in [5, 5.41) is 14.3. The fraction of sp³-hybridized carbons (Fsp3) is 0.158. The Hall–Kier alpha value is -3.68. The number of nitrogens with zero attached hydrogens (tertiary/aromatic N) is 1. The van der Waals surface area contributed by atoms with E-state index in [1.54, 1.807) is 24.3 Å². The molecule has 2 aromatic carbocycles. The second-order valence-corrected chi connectivity index (χ2v) is 5.72. The lowest BCUT2D eigenvalue weighted by atomic mass is 10.1. The van der Waals surface area contributed by atoms with Gasteiger partial charge < -0.3 is 14.5 Å². The van der Waals surface area contributed by atoms with Crippen molar-refractivity contribution in [3.05, 3.63) is 74.6 Å². The molecule has 0 bridgehead atoms. The number of hydrogen-bond acceptors (Lipinski definition) is 6. The van der Waals surface area contributed by atoms with Crippen LogP contribution in [0.2, 0.25) is 0 Å². The summed E-state index contributed by atoms with van der Waals surface area (Å²) >= 11 is 0. The number of para-hydroxylation sites is 1. The Labute approximate surface area is 153 Å². The van der Waals surface area contributed by atoms with Crippen molar-refractivity contribution in [2.24, 2.45) is 0 Å². The average molecular weight is 368 g/mol. The number of nitro benzene ring substituents is 1. The smallest absolute Gasteiger partial charge is 0.349 e. The number of hydrogen-bond donors (Lipinski definition) is 1. The molecule has 1 aromatic heterocycles. The van der Waals surface area contributed by atoms with Crippen LogP contribution >= 0.6 is 0 Å². The van der Waals surface area contributed by atoms with E-state index in [-0.39, 0.29) is 16.9 Å². The quantitative estimate of drug-likeness (QED) is 0.403. The van der Waals surface area contributed by atoms with Gasteiger partial charge in [0.15, 0.2) is 0 Å². The first-order valence-corrected chi connectivity index (χ1v) is 8.25. The Kier molecular flexibility index (Phi) is 5.16. The molecule has 0 atom stereocenters. The van der Waals surface area contributed by atoms with Crippen LogP contribution in [0.5, 0.6) is 5.75 Å². The van der Waals surface area contributed by atoms with E-state index in [9.17, 15) is 19.7 Å². The highest BCUT2D eigenvalue weighted by Gasteiger charge is 2.20. The molecular formula is C19H16N2O6. The number of ether oxygens (including phenoxy) is 1. The van der Waals surface area contributed by atoms with Crippen molar-refractivity contribution in [1.82, 2.24) is 0 Å². The molecule has 0 aliphatic carbocycles. The molecule has 3 rings (SSSR count). The van der Waals surface area contributed by atoms with Crippen molar-refractivity contribution in [3.8, 4) is 5.75 Å². The predicted octanol–water partition coefficient (Wildman–Crippen LogP) is 3.74. The first-order chi connectivity index (χ1) is 13.0. The van der Waals surface area contributed by atoms with Gasteiger partial charge in [-0.25, -0.2) is 4.79 Å². The molecule has 3 aromatic rings. The molecule has 0 aliphatic rings. The minimum Gasteiger partial charge on any atom is -0.493 e. The van der Waals surface area contributed by atoms with Gasteiger partial charge in [0.25, 0.3) is 11.6 Å². The second-order valence-electron chi connectivity index (χ2n) is 5.72. The standard InChI is InChI=1S/C19H16N2O6/c1-2-9-26-13-7-8-15(16(11-13)21(24)25)20-18(22)14-10-12-5-3-4-6-17(12)27-19(14)23/h3-8,10-11H,2,9H2,1H3,(H,20,22). The second kappa shape index (κ2) is 7.69. The molecule has 1 amide bonds. The van der Waals surface area contributed by atoms with Crippen LogP contribution in [0.3, 0.4) is 0 Å². The zero-order valence-corrected chi connectivity index (χ0v) is 14.4. The van der Waals surface area contributed by atoms with Crippen LogP contribution in [-0.2, 0) is 0 Å². The zero-order valence-electron chi connectivity index (χ0n) is 14.4. The molecule has 0 saturated heterocycles. The van der Waals surface area contributed by atoms with Crippen LogP contribution in [-0.4, -0.2) is 17.4 Å². The van der Waals surface area contributed by atoms with Crippen molar-refractivity contribution in [2.75, 3.05) is 11.9 Å². The number of amides is 1. The van der Waals surface area contributed by atoms with E-state index in [1.165, 1.54) is 24.3 Å². The molecule has 1 N–H and O–H groups in total. The van der Waals surface area contributed by atoms with Gasteiger partial charge in [-0.15, -0.1) is 0 Å². The number of nitrogens with one attached hydrogen (secondary N) is 1. The molecule has 0 radical (unpaired) electrons. The molecule has 0 saturated carbocycles. The van der Waals surface area contributed by atoms with E-state index >= 15 is 0 Å². The molecular weight excluding hydrogens is 352 g/mol. The highest BCUT2D eigenvalue weighted by atomic mass is 16.6. The third kappa shape index (κ3) is 3.95. The summed E-state index contributed by atoms with van der Waals surface area (Å²) in [5.41, 5.74) is -1.09. The monoisotopic (exact) mass is 368 g/mol. The van der Waals surface area contributed by atoms with Crippen molar-refractivity contribution < 1.29 is 18.9 Å². The molecule has 8 nitrogen and oxygen atoms in total. The van der Waals surface area contributed by atoms with E-state index in [1.807, 2.05) is 6.92 Å². The number of nitro groups is 1. The summed E-state index contributed by atoms with van der Waals surface area (Å²) < 4.78 is 10.5. The number of fused-ring (bicyclic) bond motifs is 1. The summed E-state index contributed by atoms with van der Waals surface area (Å²) in [5.74, 6) is -0.466. The summed E-state index contributed by atoms with van der Waals surface area (Å²) in [7, 11) is 0. The zero-order chi connectivity index (χ0) is 19.4. The van der Waals surface area contributed by atoms with Gasteiger partial charge >= 0.3 is 5.63 Å². The van der Waals surface area contributed by atoms with E-state index in [0.29, 0.717) is 23.3 Å². The normalized spacial score (nSPS) is 10.6. The minimum absolute atomic E-state index is 0.0404. The van der Waals surface area contributed by atoms with E-state index in [2.05, 4.69) is 5.32 Å². The van der Waals surface area contributed by atoms with E-state index in [4.69, 9.17) is 9.15 Å². The van der Waals surface area contributed by atoms with E-state index < -0.39 is 16.5 Å². The van der Waals surface area contributed by atoms with Gasteiger partial charge in [-0.1, -0.05) is 25.1 Å². The number of benzene rings is 2. The maximum Gasteiger partial charge on any atom is 0.349 e. The van der Waals surface area contributed by atoms with Crippen molar-refractivity contribution in [2.45, 2.75) is 13.3 Å². The van der Waals surface area contributed by atoms with Gasteiger partial charge in [0, 0.05) is 5.39 Å². The first-order valence-electron chi connectivity index (χ1n) is 8.25. The Morgan fingerprint density at radius 2 is 2.00 bits per heavy atom. The van der Waals surface area contributed by atoms with Crippen LogP contribution in [0.15, 0.2) is 57.7 Å². The minimum atomic E-state index is -0.822. The van der Waals surface area contributed by atoms with Crippen LogP contribution in [0.1, 0.15) is 23.7 Å². The van der Waals surface area contributed by atoms with Crippen molar-refractivity contribution >= 4 is 28.3 Å². The summed E-state index contributed by atoms with van der Waals surface area (Å²) in [6.07, 6.45) is 0.754. The maximum absolute atomic E-state index is 12.5. The molecule has 8 heteroatoms. The van der Waals surface area contributed by atoms with Crippen LogP contribution < -0.4 is 15.7 Å². The molecule has 27 heavy (non-hydrogen) atoms. The lowest BCUT2D eigenvalue weighted by molar-refractivity contribution is -0.384. The number of carbonyl (C=O) groups is 1. The van der Waals surface area contributed by atoms with Crippen LogP contribution in [0.25, 0.3) is 11.0 Å². The molecule has 0 fully saturated rings. The van der Waals surface area contributed by atoms with Gasteiger partial charge in [-0.3, -0.25) is 14.9 Å². The summed E-state index contributed by atoms with van der Waals surface area (Å²) in [6.45, 7) is 2.33. The fourth-order valence-electron chi connectivity index (χ4n) is 2.49. The third-order valence-electron chi connectivity index (χ3n) is 3.77. The van der Waals surface area contributed by atoms with Gasteiger partial charge in [0.1, 0.15) is 22.6 Å². The molecule has 0 unspecified atom stereocenters. The Balaban J connectivity index is 1.92. The number of anilines is 1. The Morgan fingerprint density at radius 3 is 2.74 bits per heavy atom. The molecule has 0 aliphatic heterocycles. The van der Waals surface area contributed by atoms with E-state index in [0.717, 1.165) is 6.42 Å². The third-order valence-corrected chi connectivity index (χ3v) is 3.77. The predicted molar refractivity (Wildman–Crippen MR) is 99.3 cm³/mol. The molecule has 1 heterocycles. The molecule has 138 valence electrons. The van der Waals surface area contributed by atoms with Crippen molar-refractivity contribution in [3.63, 3.8) is 0 Å². The van der Waals surface area contributed by atoms with Gasteiger partial charge in [0.05, 0.1) is 17.6 Å². The highest BCUT2D eigenvalue weighted by Crippen LogP contribution is 2.29. The number of carbonyl (C=O) groups excluding carboxylic acids is 1. The highest BCUT2D eigenvalue weighted by molar-refractivity contribution is 6.06. The average Bonchev–Trinajstić information content (AvgIpc) is 2.66. The topological polar surface area (TPSA) is 112 Å². The van der Waals surface area contributed by atoms with Gasteiger partial charge in [-0.2, -0.15) is 0 Å². The Morgan fingerprint density at radius 1 is 1.22 bits per heavy atom. The lowest BCUT2D eigenvalue weighted by Crippen LogP contribution is -2.21. The summed E-state index contributed by atoms with van der Waals surface area (Å²) in [4.78, 5) is 35.3. The largest absolute Gasteiger partial charge is 0.493 e. The van der Waals surface area contributed by atoms with Gasteiger partial charge in [0.2, 0.25) is 0 Å². The van der Waals surface area contributed by atoms with Crippen molar-refractivity contribution in [1.29, 1.82) is 0 Å². The first kappa shape index (κ1) is 18.1. The summed E-state index contributed by atoms with van der Waals surface area (Å²) in [6, 6.07) is 12.2. The maximum atomic E-state index is 12.5. The van der Waals surface area contributed by atoms with Crippen LogP contribution in [0.4, 0.5) is 11.4 Å².